The van der Waals surface area contributed by atoms with Crippen LogP contribution >= 0.6 is 0 Å². The van der Waals surface area contributed by atoms with Crippen LogP contribution in [0.3, 0.4) is 0 Å². The Morgan fingerprint density at radius 1 is 1.35 bits per heavy atom. The highest BCUT2D eigenvalue weighted by Gasteiger charge is 2.19. The van der Waals surface area contributed by atoms with Crippen LogP contribution in [0.25, 0.3) is 0 Å². The Labute approximate surface area is 122 Å². The molecule has 1 saturated heterocycles. The van der Waals surface area contributed by atoms with Crippen LogP contribution in [0.5, 0.6) is 0 Å². The van der Waals surface area contributed by atoms with Crippen LogP contribution in [0, 0.1) is 5.92 Å². The first-order valence-electron chi connectivity index (χ1n) is 7.73. The molecule has 118 valence electrons. The number of ether oxygens (including phenoxy) is 1. The number of carboxylic acid groups (broad SMARTS) is 1. The van der Waals surface area contributed by atoms with Gasteiger partial charge in [0.2, 0.25) is 0 Å². The second kappa shape index (κ2) is 10.1. The monoisotopic (exact) mass is 286 g/mol. The van der Waals surface area contributed by atoms with E-state index in [0.29, 0.717) is 6.54 Å². The van der Waals surface area contributed by atoms with Gasteiger partial charge in [-0.25, -0.2) is 0 Å². The molecule has 0 aliphatic carbocycles. The standard InChI is InChI=1S/C15H30N2O3/c1-16(12-13-20-2)8-3-4-14-5-9-17(10-6-14)11-7-15(18)19/h14H,3-13H2,1-2H3,(H,18,19). The molecule has 1 rings (SSSR count). The average Bonchev–Trinajstić information content (AvgIpc) is 2.44. The average molecular weight is 286 g/mol. The molecule has 1 fully saturated rings. The number of likely N-dealkylation sites (N-methyl/N-ethyl adjacent to an activating group) is 1. The maximum atomic E-state index is 10.5. The zero-order valence-electron chi connectivity index (χ0n) is 13.0. The van der Waals surface area contributed by atoms with Gasteiger partial charge in [-0.3, -0.25) is 4.79 Å². The summed E-state index contributed by atoms with van der Waals surface area (Å²) in [7, 11) is 3.89. The summed E-state index contributed by atoms with van der Waals surface area (Å²) in [5, 5.41) is 8.69. The number of hydrogen-bond donors (Lipinski definition) is 1. The molecule has 5 nitrogen and oxygen atoms in total. The highest BCUT2D eigenvalue weighted by molar-refractivity contribution is 5.66. The number of nitrogens with zero attached hydrogens (tertiary/aromatic N) is 2. The molecule has 1 N–H and O–H groups in total. The third-order valence-electron chi connectivity index (χ3n) is 4.18. The molecular weight excluding hydrogens is 256 g/mol. The molecule has 0 amide bonds. The molecule has 0 radical (unpaired) electrons. The van der Waals surface area contributed by atoms with Gasteiger partial charge in [0.1, 0.15) is 0 Å². The fourth-order valence-corrected chi connectivity index (χ4v) is 2.76. The fraction of sp³-hybridized carbons (Fsp3) is 0.933. The predicted octanol–water partition coefficient (Wildman–Crippen LogP) is 1.53. The van der Waals surface area contributed by atoms with Crippen LogP contribution < -0.4 is 0 Å². The Morgan fingerprint density at radius 2 is 2.05 bits per heavy atom. The van der Waals surface area contributed by atoms with Gasteiger partial charge in [0.15, 0.2) is 0 Å². The maximum Gasteiger partial charge on any atom is 0.304 e. The van der Waals surface area contributed by atoms with Crippen molar-refractivity contribution in [3.8, 4) is 0 Å². The fourth-order valence-electron chi connectivity index (χ4n) is 2.76. The second-order valence-corrected chi connectivity index (χ2v) is 5.87. The van der Waals surface area contributed by atoms with Crippen LogP contribution in [0.1, 0.15) is 32.1 Å². The van der Waals surface area contributed by atoms with Crippen molar-refractivity contribution in [2.24, 2.45) is 5.92 Å². The highest BCUT2D eigenvalue weighted by Crippen LogP contribution is 2.21. The quantitative estimate of drug-likeness (QED) is 0.660. The maximum absolute atomic E-state index is 10.5. The lowest BCUT2D eigenvalue weighted by Crippen LogP contribution is -2.35. The summed E-state index contributed by atoms with van der Waals surface area (Å²) >= 11 is 0. The van der Waals surface area contributed by atoms with Gasteiger partial charge >= 0.3 is 5.97 Å². The van der Waals surface area contributed by atoms with Gasteiger partial charge in [-0.2, -0.15) is 0 Å². The smallest absolute Gasteiger partial charge is 0.304 e. The van der Waals surface area contributed by atoms with Gasteiger partial charge in [0.05, 0.1) is 13.0 Å². The molecule has 1 aliphatic rings. The van der Waals surface area contributed by atoms with Crippen molar-refractivity contribution in [2.75, 3.05) is 53.5 Å². The van der Waals surface area contributed by atoms with Crippen molar-refractivity contribution < 1.29 is 14.6 Å². The van der Waals surface area contributed by atoms with Crippen molar-refractivity contribution >= 4 is 5.97 Å². The third kappa shape index (κ3) is 7.82. The Kier molecular flexibility index (Phi) is 8.82. The van der Waals surface area contributed by atoms with E-state index < -0.39 is 5.97 Å². The molecule has 0 bridgehead atoms. The van der Waals surface area contributed by atoms with E-state index in [0.717, 1.165) is 38.7 Å². The first-order valence-corrected chi connectivity index (χ1v) is 7.73. The number of piperidine rings is 1. The summed E-state index contributed by atoms with van der Waals surface area (Å²) in [5.74, 6) is 0.137. The molecule has 1 heterocycles. The van der Waals surface area contributed by atoms with E-state index in [2.05, 4.69) is 16.8 Å². The number of aliphatic carboxylic acids is 1. The number of rotatable bonds is 10. The summed E-state index contributed by atoms with van der Waals surface area (Å²) in [5.41, 5.74) is 0. The lowest BCUT2D eigenvalue weighted by Gasteiger charge is -2.31. The van der Waals surface area contributed by atoms with E-state index in [1.165, 1.54) is 25.7 Å². The molecule has 0 aromatic heterocycles. The lowest BCUT2D eigenvalue weighted by atomic mass is 9.92. The van der Waals surface area contributed by atoms with Crippen LogP contribution in [-0.2, 0) is 9.53 Å². The third-order valence-corrected chi connectivity index (χ3v) is 4.18. The molecule has 0 saturated carbocycles. The van der Waals surface area contributed by atoms with Gasteiger partial charge < -0.3 is 19.6 Å². The van der Waals surface area contributed by atoms with Crippen LogP contribution in [0.2, 0.25) is 0 Å². The van der Waals surface area contributed by atoms with E-state index in [1.54, 1.807) is 7.11 Å². The van der Waals surface area contributed by atoms with Gasteiger partial charge in [-0.05, 0) is 58.3 Å². The van der Waals surface area contributed by atoms with Gasteiger partial charge in [-0.15, -0.1) is 0 Å². The summed E-state index contributed by atoms with van der Waals surface area (Å²) in [6.07, 6.45) is 5.27. The Morgan fingerprint density at radius 3 is 2.65 bits per heavy atom. The van der Waals surface area contributed by atoms with Crippen LogP contribution in [-0.4, -0.2) is 74.4 Å². The topological polar surface area (TPSA) is 53.0 Å². The second-order valence-electron chi connectivity index (χ2n) is 5.87. The summed E-state index contributed by atoms with van der Waals surface area (Å²) in [6, 6.07) is 0. The zero-order valence-corrected chi connectivity index (χ0v) is 13.0. The number of carbonyl (C=O) groups is 1. The first kappa shape index (κ1) is 17.4. The van der Waals surface area contributed by atoms with Gasteiger partial charge in [0, 0.05) is 20.2 Å². The molecule has 20 heavy (non-hydrogen) atoms. The van der Waals surface area contributed by atoms with Crippen LogP contribution in [0.4, 0.5) is 0 Å². The summed E-state index contributed by atoms with van der Waals surface area (Å²) in [6.45, 7) is 5.79. The molecule has 5 heteroatoms. The van der Waals surface area contributed by atoms with Crippen molar-refractivity contribution in [1.29, 1.82) is 0 Å². The Bertz CT molecular complexity index is 266. The van der Waals surface area contributed by atoms with E-state index >= 15 is 0 Å². The molecule has 0 aromatic carbocycles. The van der Waals surface area contributed by atoms with Crippen LogP contribution in [0.15, 0.2) is 0 Å². The SMILES string of the molecule is COCCN(C)CCCC1CCN(CCC(=O)O)CC1. The van der Waals surface area contributed by atoms with Crippen molar-refractivity contribution in [1.82, 2.24) is 9.80 Å². The minimum Gasteiger partial charge on any atom is -0.481 e. The van der Waals surface area contributed by atoms with Gasteiger partial charge in [-0.1, -0.05) is 0 Å². The van der Waals surface area contributed by atoms with E-state index in [4.69, 9.17) is 9.84 Å². The van der Waals surface area contributed by atoms with Crippen molar-refractivity contribution in [3.63, 3.8) is 0 Å². The van der Waals surface area contributed by atoms with E-state index in [1.807, 2.05) is 0 Å². The van der Waals surface area contributed by atoms with Crippen molar-refractivity contribution in [3.05, 3.63) is 0 Å². The first-order chi connectivity index (χ1) is 9.61. The molecular formula is C15H30N2O3. The lowest BCUT2D eigenvalue weighted by molar-refractivity contribution is -0.137. The molecule has 0 spiro atoms. The normalized spacial score (nSPS) is 17.8. The highest BCUT2D eigenvalue weighted by atomic mass is 16.5. The predicted molar refractivity (Wildman–Crippen MR) is 80.0 cm³/mol. The number of likely N-dealkylation sites (tertiary alicyclic amines) is 1. The minimum atomic E-state index is -0.689. The summed E-state index contributed by atoms with van der Waals surface area (Å²) in [4.78, 5) is 15.2. The Balaban J connectivity index is 2.03. The molecule has 0 atom stereocenters. The number of hydrogen-bond acceptors (Lipinski definition) is 4. The summed E-state index contributed by atoms with van der Waals surface area (Å²) < 4.78 is 5.07. The molecule has 1 aliphatic heterocycles. The number of methoxy groups -OCH3 is 1. The number of carboxylic acids is 1. The molecule has 0 aromatic rings. The zero-order chi connectivity index (χ0) is 14.8. The Hall–Kier alpha value is -0.650. The largest absolute Gasteiger partial charge is 0.481 e. The molecule has 0 unspecified atom stereocenters. The minimum absolute atomic E-state index is 0.273. The van der Waals surface area contributed by atoms with Crippen molar-refractivity contribution in [2.45, 2.75) is 32.1 Å². The van der Waals surface area contributed by atoms with E-state index in [9.17, 15) is 4.79 Å². The van der Waals surface area contributed by atoms with Gasteiger partial charge in [0.25, 0.3) is 0 Å². The van der Waals surface area contributed by atoms with E-state index in [-0.39, 0.29) is 6.42 Å².